The van der Waals surface area contributed by atoms with Crippen LogP contribution >= 0.6 is 0 Å². The number of methoxy groups -OCH3 is 1. The second-order valence-electron chi connectivity index (χ2n) is 4.45. The standard InChI is InChI=1S/C10H17NO6S/c1-17-9(14)10(4-2-3-5-10)7-18(15,16)11-6-8(12)13/h11H,2-7H2,1H3,(H,12,13). The van der Waals surface area contributed by atoms with Crippen LogP contribution in [0.25, 0.3) is 0 Å². The predicted octanol–water partition coefficient (Wildman–Crippen LogP) is -0.276. The second kappa shape index (κ2) is 5.66. The third-order valence-corrected chi connectivity index (χ3v) is 4.61. The van der Waals surface area contributed by atoms with Gasteiger partial charge >= 0.3 is 11.9 Å². The molecule has 0 unspecified atom stereocenters. The summed E-state index contributed by atoms with van der Waals surface area (Å²) in [4.78, 5) is 22.1. The van der Waals surface area contributed by atoms with Crippen molar-refractivity contribution >= 4 is 22.0 Å². The van der Waals surface area contributed by atoms with Crippen LogP contribution in [0.3, 0.4) is 0 Å². The van der Waals surface area contributed by atoms with Crippen molar-refractivity contribution in [3.8, 4) is 0 Å². The lowest BCUT2D eigenvalue weighted by atomic mass is 9.89. The number of carboxylic acids is 1. The minimum Gasteiger partial charge on any atom is -0.480 e. The van der Waals surface area contributed by atoms with Crippen molar-refractivity contribution in [3.63, 3.8) is 0 Å². The summed E-state index contributed by atoms with van der Waals surface area (Å²) < 4.78 is 30.1. The Morgan fingerprint density at radius 2 is 1.89 bits per heavy atom. The van der Waals surface area contributed by atoms with E-state index < -0.39 is 39.7 Å². The molecule has 2 N–H and O–H groups in total. The number of carbonyl (C=O) groups is 2. The van der Waals surface area contributed by atoms with E-state index in [4.69, 9.17) is 5.11 Å². The number of carbonyl (C=O) groups excluding carboxylic acids is 1. The highest BCUT2D eigenvalue weighted by atomic mass is 32.2. The SMILES string of the molecule is COC(=O)C1(CS(=O)(=O)NCC(=O)O)CCCC1. The summed E-state index contributed by atoms with van der Waals surface area (Å²) in [5, 5.41) is 8.44. The molecule has 0 aliphatic heterocycles. The average Bonchev–Trinajstić information content (AvgIpc) is 2.74. The van der Waals surface area contributed by atoms with Crippen LogP contribution < -0.4 is 4.72 Å². The van der Waals surface area contributed by atoms with E-state index in [0.717, 1.165) is 12.8 Å². The molecule has 0 aromatic rings. The summed E-state index contributed by atoms with van der Waals surface area (Å²) >= 11 is 0. The van der Waals surface area contributed by atoms with E-state index in [1.54, 1.807) is 0 Å². The predicted molar refractivity (Wildman–Crippen MR) is 62.3 cm³/mol. The summed E-state index contributed by atoms with van der Waals surface area (Å²) in [6.45, 7) is -0.681. The Morgan fingerprint density at radius 1 is 1.33 bits per heavy atom. The minimum atomic E-state index is -3.81. The molecule has 0 bridgehead atoms. The van der Waals surface area contributed by atoms with E-state index in [2.05, 4.69) is 4.74 Å². The van der Waals surface area contributed by atoms with Gasteiger partial charge < -0.3 is 9.84 Å². The van der Waals surface area contributed by atoms with Crippen LogP contribution in [-0.4, -0.2) is 44.9 Å². The van der Waals surface area contributed by atoms with Crippen LogP contribution in [0.5, 0.6) is 0 Å². The number of sulfonamides is 1. The van der Waals surface area contributed by atoms with Gasteiger partial charge in [-0.25, -0.2) is 13.1 Å². The second-order valence-corrected chi connectivity index (χ2v) is 6.26. The van der Waals surface area contributed by atoms with Crippen molar-refractivity contribution in [1.82, 2.24) is 4.72 Å². The molecule has 7 nitrogen and oxygen atoms in total. The molecule has 18 heavy (non-hydrogen) atoms. The summed E-state index contributed by atoms with van der Waals surface area (Å²) in [7, 11) is -2.58. The zero-order valence-electron chi connectivity index (χ0n) is 10.1. The van der Waals surface area contributed by atoms with Gasteiger partial charge in [0.05, 0.1) is 18.3 Å². The first kappa shape index (κ1) is 14.9. The van der Waals surface area contributed by atoms with Crippen molar-refractivity contribution in [1.29, 1.82) is 0 Å². The molecule has 0 aromatic carbocycles. The number of hydrogen-bond acceptors (Lipinski definition) is 5. The lowest BCUT2D eigenvalue weighted by Crippen LogP contribution is -2.42. The van der Waals surface area contributed by atoms with Gasteiger partial charge in [0.1, 0.15) is 6.54 Å². The number of esters is 1. The van der Waals surface area contributed by atoms with Gasteiger partial charge in [-0.15, -0.1) is 0 Å². The number of hydrogen-bond donors (Lipinski definition) is 2. The quantitative estimate of drug-likeness (QED) is 0.647. The van der Waals surface area contributed by atoms with Gasteiger partial charge in [0.15, 0.2) is 0 Å². The fraction of sp³-hybridized carbons (Fsp3) is 0.800. The molecule has 0 heterocycles. The first-order chi connectivity index (χ1) is 8.31. The molecule has 1 saturated carbocycles. The van der Waals surface area contributed by atoms with Gasteiger partial charge in [-0.3, -0.25) is 9.59 Å². The molecule has 0 amide bonds. The van der Waals surface area contributed by atoms with Crippen molar-refractivity contribution in [2.24, 2.45) is 5.41 Å². The molecule has 0 aromatic heterocycles. The Kier molecular flexibility index (Phi) is 4.69. The Labute approximate surface area is 106 Å². The van der Waals surface area contributed by atoms with Crippen molar-refractivity contribution in [2.75, 3.05) is 19.4 Å². The zero-order chi connectivity index (χ0) is 13.8. The van der Waals surface area contributed by atoms with E-state index in [0.29, 0.717) is 12.8 Å². The van der Waals surface area contributed by atoms with E-state index in [1.807, 2.05) is 4.72 Å². The summed E-state index contributed by atoms with van der Waals surface area (Å²) in [6.07, 6.45) is 2.44. The monoisotopic (exact) mass is 279 g/mol. The van der Waals surface area contributed by atoms with Crippen LogP contribution in [0.4, 0.5) is 0 Å². The highest BCUT2D eigenvalue weighted by Gasteiger charge is 2.45. The first-order valence-electron chi connectivity index (χ1n) is 5.59. The third-order valence-electron chi connectivity index (χ3n) is 3.09. The molecular weight excluding hydrogens is 262 g/mol. The lowest BCUT2D eigenvalue weighted by Gasteiger charge is -2.25. The normalized spacial score (nSPS) is 18.5. The number of ether oxygens (including phenoxy) is 1. The molecular formula is C10H17NO6S. The van der Waals surface area contributed by atoms with E-state index in [-0.39, 0.29) is 0 Å². The van der Waals surface area contributed by atoms with Crippen molar-refractivity contribution in [3.05, 3.63) is 0 Å². The Balaban J connectivity index is 2.78. The van der Waals surface area contributed by atoms with Crippen LogP contribution in [0.15, 0.2) is 0 Å². The Bertz CT molecular complexity index is 424. The van der Waals surface area contributed by atoms with Crippen LogP contribution in [0, 0.1) is 5.41 Å². The molecule has 0 spiro atoms. The molecule has 1 aliphatic carbocycles. The van der Waals surface area contributed by atoms with Crippen molar-refractivity contribution < 1.29 is 27.9 Å². The smallest absolute Gasteiger partial charge is 0.318 e. The van der Waals surface area contributed by atoms with Gasteiger partial charge in [0.25, 0.3) is 0 Å². The van der Waals surface area contributed by atoms with Crippen molar-refractivity contribution in [2.45, 2.75) is 25.7 Å². The summed E-state index contributed by atoms with van der Waals surface area (Å²) in [5.41, 5.74) is -1.03. The largest absolute Gasteiger partial charge is 0.480 e. The molecule has 1 aliphatic rings. The van der Waals surface area contributed by atoms with Gasteiger partial charge in [-0.05, 0) is 12.8 Å². The molecule has 1 rings (SSSR count). The average molecular weight is 279 g/mol. The first-order valence-corrected chi connectivity index (χ1v) is 7.24. The fourth-order valence-electron chi connectivity index (χ4n) is 2.26. The maximum absolute atomic E-state index is 11.7. The molecule has 0 radical (unpaired) electrons. The van der Waals surface area contributed by atoms with Gasteiger partial charge in [0, 0.05) is 0 Å². The fourth-order valence-corrected chi connectivity index (χ4v) is 3.84. The maximum Gasteiger partial charge on any atom is 0.318 e. The summed E-state index contributed by atoms with van der Waals surface area (Å²) in [5.74, 6) is -2.22. The van der Waals surface area contributed by atoms with Gasteiger partial charge in [0.2, 0.25) is 10.0 Å². The number of carboxylic acid groups (broad SMARTS) is 1. The maximum atomic E-state index is 11.7. The number of aliphatic carboxylic acids is 1. The highest BCUT2D eigenvalue weighted by molar-refractivity contribution is 7.89. The van der Waals surface area contributed by atoms with Gasteiger partial charge in [-0.1, -0.05) is 12.8 Å². The van der Waals surface area contributed by atoms with E-state index >= 15 is 0 Å². The Hall–Kier alpha value is -1.15. The lowest BCUT2D eigenvalue weighted by molar-refractivity contribution is -0.151. The summed E-state index contributed by atoms with van der Waals surface area (Å²) in [6, 6.07) is 0. The topological polar surface area (TPSA) is 110 Å². The highest BCUT2D eigenvalue weighted by Crippen LogP contribution is 2.40. The molecule has 0 saturated heterocycles. The minimum absolute atomic E-state index is 0.417. The van der Waals surface area contributed by atoms with Crippen LogP contribution in [-0.2, 0) is 24.3 Å². The third kappa shape index (κ3) is 3.67. The molecule has 8 heteroatoms. The zero-order valence-corrected chi connectivity index (χ0v) is 11.0. The van der Waals surface area contributed by atoms with E-state index in [1.165, 1.54) is 7.11 Å². The molecule has 104 valence electrons. The number of nitrogens with one attached hydrogen (secondary N) is 1. The molecule has 0 atom stereocenters. The molecule has 1 fully saturated rings. The van der Waals surface area contributed by atoms with E-state index in [9.17, 15) is 18.0 Å². The number of rotatable bonds is 6. The Morgan fingerprint density at radius 3 is 2.33 bits per heavy atom. The van der Waals surface area contributed by atoms with Crippen LogP contribution in [0.1, 0.15) is 25.7 Å². The van der Waals surface area contributed by atoms with Crippen LogP contribution in [0.2, 0.25) is 0 Å². The van der Waals surface area contributed by atoms with Gasteiger partial charge in [-0.2, -0.15) is 0 Å².